The molecule has 0 aliphatic carbocycles. The highest BCUT2D eigenvalue weighted by molar-refractivity contribution is 5.93. The highest BCUT2D eigenvalue weighted by Gasteiger charge is 2.28. The van der Waals surface area contributed by atoms with E-state index in [4.69, 9.17) is 4.74 Å². The Morgan fingerprint density at radius 2 is 2.04 bits per heavy atom. The number of nitrogens with one attached hydrogen (secondary N) is 2. The maximum Gasteiger partial charge on any atom is 0.280 e. The van der Waals surface area contributed by atoms with Crippen LogP contribution in [-0.2, 0) is 11.3 Å². The lowest BCUT2D eigenvalue weighted by Crippen LogP contribution is -2.37. The number of carbonyl (C=O) groups is 1. The van der Waals surface area contributed by atoms with Crippen molar-refractivity contribution in [1.82, 2.24) is 15.6 Å². The van der Waals surface area contributed by atoms with Gasteiger partial charge in [0.05, 0.1) is 12.7 Å². The van der Waals surface area contributed by atoms with Gasteiger partial charge in [-0.2, -0.15) is 5.10 Å². The van der Waals surface area contributed by atoms with Gasteiger partial charge in [0, 0.05) is 19.0 Å². The summed E-state index contributed by atoms with van der Waals surface area (Å²) in [5, 5.41) is 10.0. The number of amides is 1. The van der Waals surface area contributed by atoms with E-state index in [0.29, 0.717) is 5.75 Å². The third-order valence-electron chi connectivity index (χ3n) is 3.73. The van der Waals surface area contributed by atoms with Gasteiger partial charge in [-0.05, 0) is 30.7 Å². The summed E-state index contributed by atoms with van der Waals surface area (Å²) >= 11 is 0. The van der Waals surface area contributed by atoms with Crippen LogP contribution in [0.3, 0.4) is 0 Å². The van der Waals surface area contributed by atoms with Crippen LogP contribution in [0, 0.1) is 0 Å². The third-order valence-corrected chi connectivity index (χ3v) is 3.73. The predicted molar refractivity (Wildman–Crippen MR) is 95.3 cm³/mol. The zero-order chi connectivity index (χ0) is 19.3. The predicted octanol–water partition coefficient (Wildman–Crippen LogP) is 2.73. The smallest absolute Gasteiger partial charge is 0.280 e. The molecule has 1 amide bonds. The van der Waals surface area contributed by atoms with Gasteiger partial charge in [-0.1, -0.05) is 18.7 Å². The fourth-order valence-corrected chi connectivity index (χ4v) is 2.34. The van der Waals surface area contributed by atoms with E-state index in [9.17, 15) is 13.6 Å². The molecule has 1 aromatic carbocycles. The first-order chi connectivity index (χ1) is 12.4. The highest BCUT2D eigenvalue weighted by Crippen LogP contribution is 2.26. The van der Waals surface area contributed by atoms with Gasteiger partial charge in [-0.15, -0.1) is 0 Å². The SMILES string of the molecule is C=NN1C(C(F)F)=CC(=C)N/C1=C(/C)C(=O)NCc1ccc(OC)cc1. The van der Waals surface area contributed by atoms with E-state index in [1.54, 1.807) is 19.2 Å². The molecule has 1 aromatic rings. The zero-order valence-electron chi connectivity index (χ0n) is 14.6. The molecule has 1 heterocycles. The Labute approximate surface area is 150 Å². The van der Waals surface area contributed by atoms with Crippen LogP contribution < -0.4 is 15.4 Å². The van der Waals surface area contributed by atoms with Crippen molar-refractivity contribution in [3.63, 3.8) is 0 Å². The molecule has 1 aliphatic rings. The fraction of sp³-hybridized carbons (Fsp3) is 0.222. The van der Waals surface area contributed by atoms with Crippen molar-refractivity contribution in [2.45, 2.75) is 19.9 Å². The molecule has 0 spiro atoms. The molecule has 1 aliphatic heterocycles. The Kier molecular flexibility index (Phi) is 6.11. The quantitative estimate of drug-likeness (QED) is 0.603. The summed E-state index contributed by atoms with van der Waals surface area (Å²) in [5.41, 5.74) is 0.877. The van der Waals surface area contributed by atoms with Gasteiger partial charge < -0.3 is 15.4 Å². The number of methoxy groups -OCH3 is 1. The summed E-state index contributed by atoms with van der Waals surface area (Å²) in [5.74, 6) is 0.373. The van der Waals surface area contributed by atoms with Crippen LogP contribution in [0.2, 0.25) is 0 Å². The van der Waals surface area contributed by atoms with E-state index in [2.05, 4.69) is 29.0 Å². The van der Waals surface area contributed by atoms with E-state index in [0.717, 1.165) is 16.6 Å². The summed E-state index contributed by atoms with van der Waals surface area (Å²) in [7, 11) is 1.57. The molecule has 0 aromatic heterocycles. The second-order valence-corrected chi connectivity index (χ2v) is 5.48. The molecule has 6 nitrogen and oxygen atoms in total. The topological polar surface area (TPSA) is 66.0 Å². The zero-order valence-corrected chi connectivity index (χ0v) is 14.6. The molecular formula is C18H20F2N4O2. The van der Waals surface area contributed by atoms with Crippen molar-refractivity contribution in [3.05, 3.63) is 65.3 Å². The molecule has 26 heavy (non-hydrogen) atoms. The molecule has 0 saturated heterocycles. The average molecular weight is 362 g/mol. The summed E-state index contributed by atoms with van der Waals surface area (Å²) in [6, 6.07) is 7.19. The van der Waals surface area contributed by atoms with Crippen molar-refractivity contribution in [3.8, 4) is 5.75 Å². The first-order valence-corrected chi connectivity index (χ1v) is 7.71. The molecular weight excluding hydrogens is 342 g/mol. The van der Waals surface area contributed by atoms with E-state index in [1.807, 2.05) is 12.1 Å². The molecule has 0 saturated carbocycles. The van der Waals surface area contributed by atoms with Crippen molar-refractivity contribution < 1.29 is 18.3 Å². The summed E-state index contributed by atoms with van der Waals surface area (Å²) in [4.78, 5) is 12.4. The van der Waals surface area contributed by atoms with Crippen LogP contribution >= 0.6 is 0 Å². The maximum atomic E-state index is 13.2. The molecule has 0 radical (unpaired) electrons. The molecule has 2 N–H and O–H groups in total. The number of carbonyl (C=O) groups excluding carboxylic acids is 1. The molecule has 0 bridgehead atoms. The Hall–Kier alpha value is -3.16. The number of benzene rings is 1. The molecule has 0 fully saturated rings. The van der Waals surface area contributed by atoms with Crippen LogP contribution in [0.1, 0.15) is 12.5 Å². The minimum absolute atomic E-state index is 0.0926. The number of ether oxygens (including phenoxy) is 1. The van der Waals surface area contributed by atoms with Crippen LogP contribution in [0.25, 0.3) is 0 Å². The molecule has 8 heteroatoms. The largest absolute Gasteiger partial charge is 0.497 e. The number of rotatable bonds is 6. The number of hydrogen-bond donors (Lipinski definition) is 2. The Balaban J connectivity index is 2.17. The minimum atomic E-state index is -2.79. The fourth-order valence-electron chi connectivity index (χ4n) is 2.34. The Morgan fingerprint density at radius 3 is 2.58 bits per heavy atom. The van der Waals surface area contributed by atoms with Crippen molar-refractivity contribution in [2.75, 3.05) is 7.11 Å². The lowest BCUT2D eigenvalue weighted by molar-refractivity contribution is -0.117. The van der Waals surface area contributed by atoms with Crippen LogP contribution in [-0.4, -0.2) is 31.2 Å². The van der Waals surface area contributed by atoms with Gasteiger partial charge in [-0.3, -0.25) is 4.79 Å². The van der Waals surface area contributed by atoms with Crippen molar-refractivity contribution in [2.24, 2.45) is 5.10 Å². The third kappa shape index (κ3) is 4.27. The van der Waals surface area contributed by atoms with Crippen molar-refractivity contribution >= 4 is 12.6 Å². The maximum absolute atomic E-state index is 13.2. The molecule has 0 unspecified atom stereocenters. The van der Waals surface area contributed by atoms with Crippen LogP contribution in [0.4, 0.5) is 8.78 Å². The van der Waals surface area contributed by atoms with E-state index in [-0.39, 0.29) is 23.6 Å². The van der Waals surface area contributed by atoms with Crippen LogP contribution in [0.5, 0.6) is 5.75 Å². The van der Waals surface area contributed by atoms with Gasteiger partial charge in [-0.25, -0.2) is 13.8 Å². The number of nitrogens with zero attached hydrogens (tertiary/aromatic N) is 2. The number of halogens is 2. The standard InChI is InChI=1S/C18H20F2N4O2/c1-11-9-15(16(19)20)24(21-3)17(23-11)12(2)18(25)22-10-13-5-7-14(26-4)8-6-13/h5-9,16,23H,1,3,10H2,2,4H3,(H,22,25)/b17-12+. The normalized spacial score (nSPS) is 16.0. The number of hydrogen-bond acceptors (Lipinski definition) is 5. The summed E-state index contributed by atoms with van der Waals surface area (Å²) in [6.45, 7) is 8.71. The average Bonchev–Trinajstić information content (AvgIpc) is 2.65. The number of alkyl halides is 2. The van der Waals surface area contributed by atoms with Gasteiger partial charge in [0.25, 0.3) is 12.3 Å². The summed E-state index contributed by atoms with van der Waals surface area (Å²) < 4.78 is 31.5. The van der Waals surface area contributed by atoms with Gasteiger partial charge >= 0.3 is 0 Å². The van der Waals surface area contributed by atoms with Gasteiger partial charge in [0.15, 0.2) is 0 Å². The van der Waals surface area contributed by atoms with Gasteiger partial charge in [0.1, 0.15) is 17.3 Å². The summed E-state index contributed by atoms with van der Waals surface area (Å²) in [6.07, 6.45) is -1.63. The number of hydrazone groups is 1. The minimum Gasteiger partial charge on any atom is -0.497 e. The van der Waals surface area contributed by atoms with E-state index in [1.165, 1.54) is 6.92 Å². The Bertz CT molecular complexity index is 770. The molecule has 0 atom stereocenters. The molecule has 2 rings (SSSR count). The van der Waals surface area contributed by atoms with E-state index >= 15 is 0 Å². The molecule has 138 valence electrons. The van der Waals surface area contributed by atoms with Gasteiger partial charge in [0.2, 0.25) is 0 Å². The lowest BCUT2D eigenvalue weighted by atomic mass is 10.2. The first-order valence-electron chi connectivity index (χ1n) is 7.71. The van der Waals surface area contributed by atoms with E-state index < -0.39 is 18.0 Å². The Morgan fingerprint density at radius 1 is 1.38 bits per heavy atom. The second-order valence-electron chi connectivity index (χ2n) is 5.48. The number of allylic oxidation sites excluding steroid dienone is 2. The first kappa shape index (κ1) is 19.2. The van der Waals surface area contributed by atoms with Crippen molar-refractivity contribution in [1.29, 1.82) is 0 Å². The lowest BCUT2D eigenvalue weighted by Gasteiger charge is -2.30. The second kappa shape index (κ2) is 8.28. The van der Waals surface area contributed by atoms with Crippen LogP contribution in [0.15, 0.2) is 64.8 Å². The monoisotopic (exact) mass is 362 g/mol. The highest BCUT2D eigenvalue weighted by atomic mass is 19.3.